The number of amides is 3. The molecular weight excluding hydrogens is 1250 g/mol. The van der Waals surface area contributed by atoms with E-state index in [9.17, 15) is 14.4 Å². The number of nitrogens with one attached hydrogen (secondary N) is 3. The topological polar surface area (TPSA) is 285 Å². The van der Waals surface area contributed by atoms with Crippen molar-refractivity contribution in [3.05, 3.63) is 119 Å². The fourth-order valence-corrected chi connectivity index (χ4v) is 11.3. The predicted octanol–water partition coefficient (Wildman–Crippen LogP) is 7.68. The van der Waals surface area contributed by atoms with E-state index in [1.54, 1.807) is 49.3 Å². The van der Waals surface area contributed by atoms with Gasteiger partial charge in [0.15, 0.2) is 16.2 Å². The molecule has 6 aromatic heterocycles. The first-order valence-corrected chi connectivity index (χ1v) is 32.3. The largest absolute Gasteiger partial charge is 0.494 e. The van der Waals surface area contributed by atoms with E-state index in [-0.39, 0.29) is 59.6 Å². The maximum Gasteiger partial charge on any atom is 0.494 e. The summed E-state index contributed by atoms with van der Waals surface area (Å²) in [5, 5.41) is 18.0. The molecule has 490 valence electrons. The van der Waals surface area contributed by atoms with Gasteiger partial charge in [0.2, 0.25) is 29.5 Å². The Morgan fingerprint density at radius 1 is 0.538 bits per heavy atom. The van der Waals surface area contributed by atoms with Gasteiger partial charge >= 0.3 is 7.12 Å². The van der Waals surface area contributed by atoms with Gasteiger partial charge in [-0.25, -0.2) is 24.9 Å². The number of aliphatic hydroxyl groups is 1. The lowest BCUT2D eigenvalue weighted by molar-refractivity contribution is -0.124. The number of anilines is 2. The molecule has 0 saturated carbocycles. The minimum atomic E-state index is -0.291. The van der Waals surface area contributed by atoms with Gasteiger partial charge in [-0.3, -0.25) is 29.3 Å². The number of rotatable bonds is 11. The normalized spacial score (nSPS) is 20.0. The van der Waals surface area contributed by atoms with Crippen molar-refractivity contribution in [1.29, 1.82) is 0 Å². The zero-order chi connectivity index (χ0) is 65.3. The van der Waals surface area contributed by atoms with E-state index in [0.717, 1.165) is 94.1 Å². The number of benzene rings is 2. The lowest BCUT2D eigenvalue weighted by Crippen LogP contribution is -2.41. The molecule has 0 aliphatic carbocycles. The Balaban J connectivity index is 0.000000135. The fraction of sp³-hybridized carbons (Fsp3) is 0.446. The quantitative estimate of drug-likeness (QED) is 0.0713. The number of aromatic nitrogens is 9. The Kier molecular flexibility index (Phi) is 23.7. The summed E-state index contributed by atoms with van der Waals surface area (Å²) >= 11 is 17.4. The maximum absolute atomic E-state index is 11.4. The summed E-state index contributed by atoms with van der Waals surface area (Å²) in [6, 6.07) is 22.1. The SMILES string of the molecule is CC1(C)OB(c2ccc(N3CCOCC3)cc2)OC1(C)C.Clc1cc2nccnc2c(Cl)n1.O=C1CCC(CO)CN1.O=C1CCC(COc2nc(-c3ccc(N4CCOCC4)cc3)cc3nccnc23)CN1.O=C1CCC(COc2nc(Cl)cc3nccnc23)CN1. The lowest BCUT2D eigenvalue weighted by Gasteiger charge is -2.32. The molecule has 6 fully saturated rings. The molecule has 3 unspecified atom stereocenters. The van der Waals surface area contributed by atoms with Gasteiger partial charge in [-0.1, -0.05) is 59.1 Å². The molecular formula is C65H76BCl3N14O10. The maximum atomic E-state index is 11.4. The lowest BCUT2D eigenvalue weighted by atomic mass is 9.79. The summed E-state index contributed by atoms with van der Waals surface area (Å²) in [6.45, 7) is 18.2. The zero-order valence-electron chi connectivity index (χ0n) is 52.4. The first kappa shape index (κ1) is 68.1. The molecule has 0 spiro atoms. The van der Waals surface area contributed by atoms with Crippen LogP contribution < -0.4 is 40.7 Å². The molecule has 2 aromatic carbocycles. The third kappa shape index (κ3) is 18.8. The highest BCUT2D eigenvalue weighted by atomic mass is 35.5. The van der Waals surface area contributed by atoms with Crippen molar-refractivity contribution in [2.75, 3.05) is 102 Å². The second-order valence-electron chi connectivity index (χ2n) is 23.9. The van der Waals surface area contributed by atoms with Crippen molar-refractivity contribution in [2.45, 2.75) is 77.4 Å². The first-order chi connectivity index (χ1) is 45.0. The number of morpholine rings is 2. The molecule has 3 atom stereocenters. The Hall–Kier alpha value is -7.75. The smallest absolute Gasteiger partial charge is 0.476 e. The number of hydrogen-bond donors (Lipinski definition) is 4. The van der Waals surface area contributed by atoms with Crippen molar-refractivity contribution >= 4 is 110 Å². The molecule has 93 heavy (non-hydrogen) atoms. The number of hydrogen-bond acceptors (Lipinski definition) is 21. The number of ether oxygens (including phenoxy) is 4. The van der Waals surface area contributed by atoms with Gasteiger partial charge < -0.3 is 59.1 Å². The number of halogens is 3. The van der Waals surface area contributed by atoms with Gasteiger partial charge in [0, 0.05) is 150 Å². The van der Waals surface area contributed by atoms with E-state index in [0.29, 0.717) is 108 Å². The molecule has 4 N–H and O–H groups in total. The Morgan fingerprint density at radius 3 is 1.41 bits per heavy atom. The fourth-order valence-electron chi connectivity index (χ4n) is 10.6. The third-order valence-corrected chi connectivity index (χ3v) is 17.5. The predicted molar refractivity (Wildman–Crippen MR) is 356 cm³/mol. The number of fused-ring (bicyclic) bond motifs is 3. The standard InChI is InChI=1S/C23H25N5O3.C16H24BNO3.C13H13ClN4O2.C7H3Cl2N3.C6H11NO2/c29-21-6-1-16(14-26-21)15-31-23-22-20(24-7-8-25-22)13-19(27-23)17-2-4-18(5-3-17)28-9-11-30-12-10-28;1-15(2)16(3,4)21-17(20-15)13-5-7-14(8-6-13)18-9-11-19-12-10-18;14-10-5-9-12(16-4-3-15-9)13(18-10)20-7-8-1-2-11(19)17-6-8;8-5-3-4-6(7(9)12-5)11-2-1-10-4;8-4-5-1-2-6(9)7-3-5/h2-5,7-8,13,16H,1,6,9-12,14-15H2,(H,26,29);5-8H,9-12H2,1-4H3;3-5,8H,1-2,6-7H2,(H,17,19);1-3H;5,8H,1-4H2,(H,7,9). The minimum absolute atomic E-state index is 0.0958. The second-order valence-corrected chi connectivity index (χ2v) is 25.1. The van der Waals surface area contributed by atoms with Crippen molar-refractivity contribution < 1.29 is 47.7 Å². The number of nitrogens with zero attached hydrogens (tertiary/aromatic N) is 11. The van der Waals surface area contributed by atoms with Gasteiger partial charge in [0.25, 0.3) is 0 Å². The highest BCUT2D eigenvalue weighted by molar-refractivity contribution is 6.62. The van der Waals surface area contributed by atoms with E-state index in [4.69, 9.17) is 73.1 Å². The highest BCUT2D eigenvalue weighted by Gasteiger charge is 2.51. The van der Waals surface area contributed by atoms with Gasteiger partial charge in [0.1, 0.15) is 15.8 Å². The van der Waals surface area contributed by atoms with E-state index in [2.05, 4.69) is 142 Å². The van der Waals surface area contributed by atoms with Crippen LogP contribution in [0.1, 0.15) is 66.2 Å². The molecule has 0 radical (unpaired) electrons. The number of piperidine rings is 3. The number of aliphatic hydroxyl groups excluding tert-OH is 1. The molecule has 6 aliphatic rings. The zero-order valence-corrected chi connectivity index (χ0v) is 54.7. The summed E-state index contributed by atoms with van der Waals surface area (Å²) in [6.07, 6.45) is 13.8. The van der Waals surface area contributed by atoms with Crippen LogP contribution in [0.15, 0.2) is 104 Å². The molecule has 6 aliphatic heterocycles. The van der Waals surface area contributed by atoms with Gasteiger partial charge in [-0.05, 0) is 88.7 Å². The van der Waals surface area contributed by atoms with Crippen LogP contribution in [0.3, 0.4) is 0 Å². The summed E-state index contributed by atoms with van der Waals surface area (Å²) < 4.78 is 34.8. The van der Waals surface area contributed by atoms with E-state index >= 15 is 0 Å². The van der Waals surface area contributed by atoms with Crippen LogP contribution in [-0.4, -0.2) is 178 Å². The average molecular weight is 1330 g/mol. The number of carbonyl (C=O) groups excluding carboxylic acids is 3. The van der Waals surface area contributed by atoms with Crippen LogP contribution in [0.25, 0.3) is 44.4 Å². The van der Waals surface area contributed by atoms with E-state index < -0.39 is 0 Å². The Labute approximate surface area is 554 Å². The molecule has 0 bridgehead atoms. The van der Waals surface area contributed by atoms with Crippen molar-refractivity contribution in [3.63, 3.8) is 0 Å². The molecule has 28 heteroatoms. The Morgan fingerprint density at radius 2 is 0.946 bits per heavy atom. The molecule has 3 amide bonds. The van der Waals surface area contributed by atoms with Crippen molar-refractivity contribution in [3.8, 4) is 23.0 Å². The first-order valence-electron chi connectivity index (χ1n) is 31.2. The van der Waals surface area contributed by atoms with Gasteiger partial charge in [-0.15, -0.1) is 0 Å². The minimum Gasteiger partial charge on any atom is -0.476 e. The van der Waals surface area contributed by atoms with Gasteiger partial charge in [0.05, 0.1) is 73.1 Å². The van der Waals surface area contributed by atoms with Crippen LogP contribution in [0.4, 0.5) is 11.4 Å². The molecule has 6 saturated heterocycles. The van der Waals surface area contributed by atoms with Crippen LogP contribution in [0.2, 0.25) is 15.5 Å². The summed E-state index contributed by atoms with van der Waals surface area (Å²) in [4.78, 5) is 75.8. The molecule has 14 rings (SSSR count). The third-order valence-electron chi connectivity index (χ3n) is 16.8. The summed E-state index contributed by atoms with van der Waals surface area (Å²) in [7, 11) is -0.284. The molecule has 8 aromatic rings. The summed E-state index contributed by atoms with van der Waals surface area (Å²) in [5.74, 6) is 2.02. The van der Waals surface area contributed by atoms with Crippen LogP contribution in [-0.2, 0) is 33.2 Å². The molecule has 24 nitrogen and oxygen atoms in total. The second kappa shape index (κ2) is 32.4. The van der Waals surface area contributed by atoms with Crippen LogP contribution in [0, 0.1) is 17.8 Å². The Bertz CT molecular complexity index is 3770. The van der Waals surface area contributed by atoms with Crippen LogP contribution >= 0.6 is 34.8 Å². The van der Waals surface area contributed by atoms with Gasteiger partial charge in [-0.2, -0.15) is 4.98 Å². The summed E-state index contributed by atoms with van der Waals surface area (Å²) in [5.41, 5.74) is 8.58. The monoisotopic (exact) mass is 1330 g/mol. The molecule has 12 heterocycles. The van der Waals surface area contributed by atoms with Crippen LogP contribution in [0.5, 0.6) is 11.8 Å². The number of pyridine rings is 3. The van der Waals surface area contributed by atoms with Crippen molar-refractivity contribution in [2.24, 2.45) is 17.8 Å². The number of carbonyl (C=O) groups is 3. The van der Waals surface area contributed by atoms with E-state index in [1.807, 2.05) is 6.07 Å². The highest BCUT2D eigenvalue weighted by Crippen LogP contribution is 2.37. The average Bonchev–Trinajstić information content (AvgIpc) is 1.72. The van der Waals surface area contributed by atoms with E-state index in [1.165, 1.54) is 11.4 Å². The van der Waals surface area contributed by atoms with Crippen molar-refractivity contribution in [1.82, 2.24) is 60.8 Å².